The third-order valence-electron chi connectivity index (χ3n) is 3.27. The van der Waals surface area contributed by atoms with E-state index in [2.05, 4.69) is 4.98 Å². The van der Waals surface area contributed by atoms with Crippen molar-refractivity contribution in [2.45, 2.75) is 0 Å². The highest BCUT2D eigenvalue weighted by molar-refractivity contribution is 6.34. The zero-order valence-corrected chi connectivity index (χ0v) is 11.7. The number of aromatic nitrogens is 1. The Kier molecular flexibility index (Phi) is 3.20. The molecule has 2 N–H and O–H groups in total. The van der Waals surface area contributed by atoms with Crippen LogP contribution >= 0.6 is 11.6 Å². The summed E-state index contributed by atoms with van der Waals surface area (Å²) in [7, 11) is 1.63. The Balaban J connectivity index is 2.35. The van der Waals surface area contributed by atoms with Gasteiger partial charge >= 0.3 is 0 Å². The first-order valence-corrected chi connectivity index (χ1v) is 6.54. The average molecular weight is 285 g/mol. The van der Waals surface area contributed by atoms with Gasteiger partial charge in [-0.25, -0.2) is 0 Å². The van der Waals surface area contributed by atoms with Gasteiger partial charge in [0.2, 0.25) is 0 Å². The molecule has 0 fully saturated rings. The van der Waals surface area contributed by atoms with E-state index in [0.29, 0.717) is 10.7 Å². The normalized spacial score (nSPS) is 10.7. The monoisotopic (exact) mass is 284 g/mol. The van der Waals surface area contributed by atoms with Crippen molar-refractivity contribution in [1.82, 2.24) is 4.98 Å². The van der Waals surface area contributed by atoms with Crippen LogP contribution in [0.2, 0.25) is 5.02 Å². The zero-order chi connectivity index (χ0) is 14.1. The molecular weight excluding hydrogens is 272 g/mol. The molecule has 4 heteroatoms. The number of nitrogen functional groups attached to an aromatic ring is 1. The average Bonchev–Trinajstić information content (AvgIpc) is 2.46. The Morgan fingerprint density at radius 1 is 1.15 bits per heavy atom. The topological polar surface area (TPSA) is 48.1 Å². The number of nitrogens with zero attached hydrogens (tertiary/aromatic N) is 1. The number of anilines is 1. The molecule has 0 amide bonds. The van der Waals surface area contributed by atoms with E-state index in [1.807, 2.05) is 36.4 Å². The van der Waals surface area contributed by atoms with Gasteiger partial charge in [0.15, 0.2) is 0 Å². The Labute approximate surface area is 122 Å². The molecule has 3 rings (SSSR count). The van der Waals surface area contributed by atoms with Crippen molar-refractivity contribution in [3.8, 4) is 16.9 Å². The number of nitrogens with two attached hydrogens (primary N) is 1. The summed E-state index contributed by atoms with van der Waals surface area (Å²) in [6.45, 7) is 0. The number of halogens is 1. The van der Waals surface area contributed by atoms with Crippen LogP contribution in [-0.4, -0.2) is 12.1 Å². The Hall–Kier alpha value is -2.26. The first-order chi connectivity index (χ1) is 9.70. The van der Waals surface area contributed by atoms with E-state index in [1.54, 1.807) is 19.5 Å². The molecule has 1 heterocycles. The molecule has 0 aliphatic rings. The lowest BCUT2D eigenvalue weighted by atomic mass is 9.99. The van der Waals surface area contributed by atoms with E-state index >= 15 is 0 Å². The zero-order valence-electron chi connectivity index (χ0n) is 10.9. The van der Waals surface area contributed by atoms with Crippen molar-refractivity contribution in [3.63, 3.8) is 0 Å². The van der Waals surface area contributed by atoms with Crippen molar-refractivity contribution < 1.29 is 4.74 Å². The van der Waals surface area contributed by atoms with Gasteiger partial charge in [-0.3, -0.25) is 4.98 Å². The number of benzene rings is 2. The lowest BCUT2D eigenvalue weighted by Gasteiger charge is -2.13. The third kappa shape index (κ3) is 2.06. The van der Waals surface area contributed by atoms with Crippen LogP contribution in [0.3, 0.4) is 0 Å². The van der Waals surface area contributed by atoms with Crippen LogP contribution in [0.25, 0.3) is 21.9 Å². The van der Waals surface area contributed by atoms with Crippen LogP contribution < -0.4 is 10.5 Å². The number of hydrogen-bond acceptors (Lipinski definition) is 3. The predicted molar refractivity (Wildman–Crippen MR) is 83.2 cm³/mol. The minimum atomic E-state index is 0.608. The molecule has 0 unspecified atom stereocenters. The lowest BCUT2D eigenvalue weighted by Crippen LogP contribution is -1.94. The van der Waals surface area contributed by atoms with Gasteiger partial charge in [-0.1, -0.05) is 17.7 Å². The van der Waals surface area contributed by atoms with Gasteiger partial charge in [-0.2, -0.15) is 0 Å². The predicted octanol–water partition coefficient (Wildman–Crippen LogP) is 4.15. The fourth-order valence-corrected chi connectivity index (χ4v) is 2.59. The summed E-state index contributed by atoms with van der Waals surface area (Å²) in [5.74, 6) is 0.727. The molecule has 0 radical (unpaired) electrons. The van der Waals surface area contributed by atoms with E-state index in [1.165, 1.54) is 0 Å². The van der Waals surface area contributed by atoms with E-state index in [-0.39, 0.29) is 0 Å². The highest BCUT2D eigenvalue weighted by atomic mass is 35.5. The van der Waals surface area contributed by atoms with Crippen molar-refractivity contribution in [1.29, 1.82) is 0 Å². The maximum atomic E-state index is 6.30. The van der Waals surface area contributed by atoms with E-state index in [0.717, 1.165) is 27.6 Å². The molecule has 2 aromatic carbocycles. The molecule has 100 valence electrons. The smallest absolute Gasteiger partial charge is 0.127 e. The van der Waals surface area contributed by atoms with Crippen molar-refractivity contribution in [3.05, 3.63) is 53.8 Å². The van der Waals surface area contributed by atoms with Gasteiger partial charge in [0.05, 0.1) is 12.1 Å². The van der Waals surface area contributed by atoms with Gasteiger partial charge in [0.1, 0.15) is 5.75 Å². The molecule has 0 saturated carbocycles. The SMILES string of the molecule is COc1cc2cnccc2cc1-c1c(N)cccc1Cl. The van der Waals surface area contributed by atoms with Crippen LogP contribution in [0.15, 0.2) is 48.8 Å². The maximum Gasteiger partial charge on any atom is 0.127 e. The molecule has 0 bridgehead atoms. The minimum absolute atomic E-state index is 0.608. The molecule has 0 atom stereocenters. The fraction of sp³-hybridized carbons (Fsp3) is 0.0625. The largest absolute Gasteiger partial charge is 0.496 e. The molecule has 0 aliphatic heterocycles. The molecule has 1 aromatic heterocycles. The quantitative estimate of drug-likeness (QED) is 0.719. The van der Waals surface area contributed by atoms with Gasteiger partial charge in [0, 0.05) is 34.6 Å². The second kappa shape index (κ2) is 5.02. The van der Waals surface area contributed by atoms with Crippen molar-refractivity contribution >= 4 is 28.1 Å². The summed E-state index contributed by atoms with van der Waals surface area (Å²) in [6.07, 6.45) is 3.56. The number of rotatable bonds is 2. The maximum absolute atomic E-state index is 6.30. The summed E-state index contributed by atoms with van der Waals surface area (Å²) in [5.41, 5.74) is 8.38. The second-order valence-corrected chi connectivity index (χ2v) is 4.89. The molecule has 20 heavy (non-hydrogen) atoms. The number of hydrogen-bond donors (Lipinski definition) is 1. The fourth-order valence-electron chi connectivity index (χ4n) is 2.30. The standard InChI is InChI=1S/C16H13ClN2O/c1-20-15-8-11-9-19-6-5-10(11)7-12(15)16-13(17)3-2-4-14(16)18/h2-9H,18H2,1H3. The summed E-state index contributed by atoms with van der Waals surface area (Å²) in [6, 6.07) is 11.4. The van der Waals surface area contributed by atoms with Crippen LogP contribution in [0.4, 0.5) is 5.69 Å². The second-order valence-electron chi connectivity index (χ2n) is 4.48. The minimum Gasteiger partial charge on any atom is -0.496 e. The Morgan fingerprint density at radius 3 is 2.75 bits per heavy atom. The summed E-state index contributed by atoms with van der Waals surface area (Å²) < 4.78 is 5.48. The highest BCUT2D eigenvalue weighted by Gasteiger charge is 2.13. The van der Waals surface area contributed by atoms with E-state index in [9.17, 15) is 0 Å². The summed E-state index contributed by atoms with van der Waals surface area (Å²) in [5, 5.41) is 2.69. The highest BCUT2D eigenvalue weighted by Crippen LogP contribution is 2.40. The Morgan fingerprint density at radius 2 is 2.00 bits per heavy atom. The van der Waals surface area contributed by atoms with E-state index < -0.39 is 0 Å². The lowest BCUT2D eigenvalue weighted by molar-refractivity contribution is 0.417. The molecular formula is C16H13ClN2O. The van der Waals surface area contributed by atoms with Gasteiger partial charge in [0.25, 0.3) is 0 Å². The van der Waals surface area contributed by atoms with Gasteiger partial charge in [-0.05, 0) is 35.7 Å². The van der Waals surface area contributed by atoms with Gasteiger partial charge in [-0.15, -0.1) is 0 Å². The first-order valence-electron chi connectivity index (χ1n) is 6.17. The number of ether oxygens (including phenoxy) is 1. The summed E-state index contributed by atoms with van der Waals surface area (Å²) in [4.78, 5) is 4.12. The first kappa shape index (κ1) is 12.8. The molecule has 0 saturated heterocycles. The van der Waals surface area contributed by atoms with E-state index in [4.69, 9.17) is 22.1 Å². The van der Waals surface area contributed by atoms with Crippen molar-refractivity contribution in [2.75, 3.05) is 12.8 Å². The van der Waals surface area contributed by atoms with Crippen LogP contribution in [0, 0.1) is 0 Å². The van der Waals surface area contributed by atoms with Crippen LogP contribution in [-0.2, 0) is 0 Å². The van der Waals surface area contributed by atoms with Gasteiger partial charge < -0.3 is 10.5 Å². The number of pyridine rings is 1. The summed E-state index contributed by atoms with van der Waals surface area (Å²) >= 11 is 6.30. The van der Waals surface area contributed by atoms with Crippen LogP contribution in [0.1, 0.15) is 0 Å². The molecule has 3 nitrogen and oxygen atoms in total. The number of methoxy groups -OCH3 is 1. The van der Waals surface area contributed by atoms with Crippen LogP contribution in [0.5, 0.6) is 5.75 Å². The Bertz CT molecular complexity index is 766. The number of fused-ring (bicyclic) bond motifs is 1. The molecule has 0 spiro atoms. The molecule has 3 aromatic rings. The third-order valence-corrected chi connectivity index (χ3v) is 3.59. The van der Waals surface area contributed by atoms with Crippen molar-refractivity contribution in [2.24, 2.45) is 0 Å². The molecule has 0 aliphatic carbocycles.